The lowest BCUT2D eigenvalue weighted by molar-refractivity contribution is 0.102. The number of carbonyl (C=O) groups excluding carboxylic acids is 1. The Kier molecular flexibility index (Phi) is 3.46. The smallest absolute Gasteiger partial charge is 0.259 e. The standard InChI is InChI=1S/C19H17N5O2/c25-19(13-11-20-24-8-2-1-4-16(13)24)21-12-6-7-14-15(10-12)23-18(22-14)17-5-3-9-26-17/h1-2,4,6-8,10-11,17H,3,5,9H2,(H,21,25)(H,22,23)/t17-/m0/s1. The minimum Gasteiger partial charge on any atom is -0.370 e. The van der Waals surface area contributed by atoms with Crippen molar-refractivity contribution in [3.05, 3.63) is 60.2 Å². The van der Waals surface area contributed by atoms with E-state index in [0.717, 1.165) is 41.8 Å². The fraction of sp³-hybridized carbons (Fsp3) is 0.211. The first-order chi connectivity index (χ1) is 12.8. The Morgan fingerprint density at radius 3 is 3.15 bits per heavy atom. The predicted molar refractivity (Wildman–Crippen MR) is 97.2 cm³/mol. The third kappa shape index (κ3) is 2.53. The van der Waals surface area contributed by atoms with E-state index in [4.69, 9.17) is 4.74 Å². The fourth-order valence-electron chi connectivity index (χ4n) is 3.36. The number of nitrogens with one attached hydrogen (secondary N) is 2. The van der Waals surface area contributed by atoms with E-state index in [1.54, 1.807) is 10.7 Å². The first kappa shape index (κ1) is 15.1. The first-order valence-electron chi connectivity index (χ1n) is 8.63. The van der Waals surface area contributed by atoms with Crippen LogP contribution in [0.4, 0.5) is 5.69 Å². The van der Waals surface area contributed by atoms with Crippen LogP contribution in [0.25, 0.3) is 16.6 Å². The third-order valence-electron chi connectivity index (χ3n) is 4.66. The number of rotatable bonds is 3. The van der Waals surface area contributed by atoms with Crippen molar-refractivity contribution in [2.45, 2.75) is 18.9 Å². The average molecular weight is 347 g/mol. The summed E-state index contributed by atoms with van der Waals surface area (Å²) in [5, 5.41) is 7.14. The predicted octanol–water partition coefficient (Wildman–Crippen LogP) is 3.31. The van der Waals surface area contributed by atoms with Gasteiger partial charge in [-0.3, -0.25) is 4.79 Å². The van der Waals surface area contributed by atoms with Gasteiger partial charge in [0.05, 0.1) is 28.3 Å². The molecule has 3 aromatic heterocycles. The number of hydrogen-bond acceptors (Lipinski definition) is 4. The minimum absolute atomic E-state index is 0.0409. The topological polar surface area (TPSA) is 84.3 Å². The van der Waals surface area contributed by atoms with Gasteiger partial charge in [-0.15, -0.1) is 0 Å². The maximum atomic E-state index is 12.6. The monoisotopic (exact) mass is 347 g/mol. The molecule has 1 fully saturated rings. The summed E-state index contributed by atoms with van der Waals surface area (Å²) >= 11 is 0. The van der Waals surface area contributed by atoms with Gasteiger partial charge in [-0.05, 0) is 43.2 Å². The van der Waals surface area contributed by atoms with Gasteiger partial charge < -0.3 is 15.0 Å². The number of aromatic amines is 1. The summed E-state index contributed by atoms with van der Waals surface area (Å²) in [7, 11) is 0. The number of anilines is 1. The van der Waals surface area contributed by atoms with E-state index in [0.29, 0.717) is 11.3 Å². The Labute approximate surface area is 149 Å². The van der Waals surface area contributed by atoms with Crippen molar-refractivity contribution >= 4 is 28.1 Å². The maximum Gasteiger partial charge on any atom is 0.259 e. The molecule has 1 aliphatic rings. The molecule has 1 aromatic carbocycles. The van der Waals surface area contributed by atoms with Gasteiger partial charge in [-0.1, -0.05) is 6.07 Å². The lowest BCUT2D eigenvalue weighted by Gasteiger charge is -2.04. The molecule has 7 heteroatoms. The number of aromatic nitrogens is 4. The van der Waals surface area contributed by atoms with E-state index >= 15 is 0 Å². The second-order valence-electron chi connectivity index (χ2n) is 6.40. The molecule has 4 aromatic rings. The normalized spacial score (nSPS) is 17.2. The van der Waals surface area contributed by atoms with Gasteiger partial charge in [0.25, 0.3) is 5.91 Å². The van der Waals surface area contributed by atoms with Crippen molar-refractivity contribution < 1.29 is 9.53 Å². The van der Waals surface area contributed by atoms with Gasteiger partial charge in [-0.25, -0.2) is 9.50 Å². The zero-order valence-electron chi connectivity index (χ0n) is 14.0. The van der Waals surface area contributed by atoms with Crippen LogP contribution in [-0.4, -0.2) is 32.1 Å². The third-order valence-corrected chi connectivity index (χ3v) is 4.66. The number of fused-ring (bicyclic) bond motifs is 2. The Hall–Kier alpha value is -3.19. The molecule has 4 heterocycles. The number of imidazole rings is 1. The molecular formula is C19H17N5O2. The molecule has 0 spiro atoms. The second kappa shape index (κ2) is 5.96. The van der Waals surface area contributed by atoms with Crippen LogP contribution in [0.3, 0.4) is 0 Å². The molecule has 1 atom stereocenters. The van der Waals surface area contributed by atoms with E-state index in [1.807, 2.05) is 42.6 Å². The van der Waals surface area contributed by atoms with E-state index in [1.165, 1.54) is 0 Å². The van der Waals surface area contributed by atoms with Gasteiger partial charge >= 0.3 is 0 Å². The summed E-state index contributed by atoms with van der Waals surface area (Å²) in [6, 6.07) is 11.3. The van der Waals surface area contributed by atoms with Crippen molar-refractivity contribution in [3.8, 4) is 0 Å². The highest BCUT2D eigenvalue weighted by atomic mass is 16.5. The van der Waals surface area contributed by atoms with Crippen LogP contribution in [-0.2, 0) is 4.74 Å². The molecule has 5 rings (SSSR count). The molecule has 7 nitrogen and oxygen atoms in total. The van der Waals surface area contributed by atoms with Gasteiger partial charge in [0.1, 0.15) is 11.9 Å². The number of ether oxygens (including phenoxy) is 1. The molecule has 0 saturated carbocycles. The second-order valence-corrected chi connectivity index (χ2v) is 6.40. The summed E-state index contributed by atoms with van der Waals surface area (Å²) in [6.45, 7) is 0.780. The van der Waals surface area contributed by atoms with Crippen LogP contribution < -0.4 is 5.32 Å². The Morgan fingerprint density at radius 1 is 1.31 bits per heavy atom. The number of nitrogens with zero attached hydrogens (tertiary/aromatic N) is 3. The lowest BCUT2D eigenvalue weighted by atomic mass is 10.2. The number of pyridine rings is 1. The van der Waals surface area contributed by atoms with Crippen molar-refractivity contribution in [1.29, 1.82) is 0 Å². The van der Waals surface area contributed by atoms with Gasteiger partial charge in [0.15, 0.2) is 0 Å². The number of carbonyl (C=O) groups is 1. The molecule has 26 heavy (non-hydrogen) atoms. The first-order valence-corrected chi connectivity index (χ1v) is 8.63. The van der Waals surface area contributed by atoms with Crippen molar-refractivity contribution in [1.82, 2.24) is 19.6 Å². The number of amides is 1. The van der Waals surface area contributed by atoms with Gasteiger partial charge in [0, 0.05) is 18.5 Å². The Bertz CT molecular complexity index is 1110. The molecule has 0 bridgehead atoms. The summed E-state index contributed by atoms with van der Waals surface area (Å²) < 4.78 is 7.36. The van der Waals surface area contributed by atoms with Crippen LogP contribution in [0.15, 0.2) is 48.8 Å². The molecule has 1 saturated heterocycles. The molecule has 0 radical (unpaired) electrons. The highest BCUT2D eigenvalue weighted by Gasteiger charge is 2.21. The van der Waals surface area contributed by atoms with Crippen molar-refractivity contribution in [2.75, 3.05) is 11.9 Å². The Morgan fingerprint density at radius 2 is 2.27 bits per heavy atom. The molecule has 0 aliphatic carbocycles. The summed E-state index contributed by atoms with van der Waals surface area (Å²) in [5.74, 6) is 0.660. The number of benzene rings is 1. The number of hydrogen-bond donors (Lipinski definition) is 2. The van der Waals surface area contributed by atoms with Crippen LogP contribution in [0.2, 0.25) is 0 Å². The average Bonchev–Trinajstić information content (AvgIpc) is 3.39. The van der Waals surface area contributed by atoms with E-state index in [9.17, 15) is 4.79 Å². The number of H-pyrrole nitrogens is 1. The lowest BCUT2D eigenvalue weighted by Crippen LogP contribution is -2.11. The van der Waals surface area contributed by atoms with Gasteiger partial charge in [-0.2, -0.15) is 5.10 Å². The highest BCUT2D eigenvalue weighted by molar-refractivity contribution is 6.09. The molecule has 0 unspecified atom stereocenters. The van der Waals surface area contributed by atoms with Gasteiger partial charge in [0.2, 0.25) is 0 Å². The molecular weight excluding hydrogens is 330 g/mol. The maximum absolute atomic E-state index is 12.6. The van der Waals surface area contributed by atoms with Crippen LogP contribution in [0, 0.1) is 0 Å². The van der Waals surface area contributed by atoms with E-state index in [2.05, 4.69) is 20.4 Å². The summed E-state index contributed by atoms with van der Waals surface area (Å²) in [6.07, 6.45) is 5.48. The minimum atomic E-state index is -0.190. The summed E-state index contributed by atoms with van der Waals surface area (Å²) in [4.78, 5) is 20.5. The van der Waals surface area contributed by atoms with E-state index < -0.39 is 0 Å². The quantitative estimate of drug-likeness (QED) is 0.595. The zero-order chi connectivity index (χ0) is 17.5. The molecule has 1 amide bonds. The van der Waals surface area contributed by atoms with Crippen molar-refractivity contribution in [3.63, 3.8) is 0 Å². The van der Waals surface area contributed by atoms with Crippen molar-refractivity contribution in [2.24, 2.45) is 0 Å². The molecule has 1 aliphatic heterocycles. The summed E-state index contributed by atoms with van der Waals surface area (Å²) in [5.41, 5.74) is 3.77. The zero-order valence-corrected chi connectivity index (χ0v) is 14.0. The van der Waals surface area contributed by atoms with Crippen LogP contribution in [0.5, 0.6) is 0 Å². The SMILES string of the molecule is O=C(Nc1ccc2nc([C@@H]3CCCO3)[nH]c2c1)c1cnn2ccccc12. The van der Waals surface area contributed by atoms with Crippen LogP contribution in [0.1, 0.15) is 35.1 Å². The highest BCUT2D eigenvalue weighted by Crippen LogP contribution is 2.28. The fourth-order valence-corrected chi connectivity index (χ4v) is 3.36. The Balaban J connectivity index is 1.42. The molecule has 130 valence electrons. The van der Waals surface area contributed by atoms with E-state index in [-0.39, 0.29) is 12.0 Å². The molecule has 2 N–H and O–H groups in total. The van der Waals surface area contributed by atoms with Crippen LogP contribution >= 0.6 is 0 Å². The largest absolute Gasteiger partial charge is 0.370 e.